The number of amides is 2. The fourth-order valence-electron chi connectivity index (χ4n) is 3.02. The monoisotopic (exact) mass is 356 g/mol. The molecule has 1 aliphatic heterocycles. The van der Waals surface area contributed by atoms with Crippen LogP contribution in [0.5, 0.6) is 0 Å². The highest BCUT2D eigenvalue weighted by molar-refractivity contribution is 6.05. The molecule has 2 aromatic rings. The van der Waals surface area contributed by atoms with Gasteiger partial charge in [0.2, 0.25) is 0 Å². The number of rotatable bonds is 7. The van der Waals surface area contributed by atoms with Gasteiger partial charge in [0.25, 0.3) is 11.8 Å². The second-order valence-corrected chi connectivity index (χ2v) is 6.68. The number of carbonyl (C=O) groups is 2. The SMILES string of the molecule is C[C@H]1Cn2nnc(C(=O)NCCCN(C)Cc3ccccc3)c2C(=O)N1. The smallest absolute Gasteiger partial charge is 0.274 e. The Morgan fingerprint density at radius 3 is 2.92 bits per heavy atom. The van der Waals surface area contributed by atoms with E-state index >= 15 is 0 Å². The zero-order valence-corrected chi connectivity index (χ0v) is 15.1. The minimum atomic E-state index is -0.360. The average Bonchev–Trinajstić information content (AvgIpc) is 3.03. The van der Waals surface area contributed by atoms with E-state index in [9.17, 15) is 9.59 Å². The molecular weight excluding hydrogens is 332 g/mol. The third-order valence-corrected chi connectivity index (χ3v) is 4.29. The zero-order valence-electron chi connectivity index (χ0n) is 15.1. The van der Waals surface area contributed by atoms with Gasteiger partial charge in [0.05, 0.1) is 6.54 Å². The van der Waals surface area contributed by atoms with Crippen molar-refractivity contribution in [3.63, 3.8) is 0 Å². The lowest BCUT2D eigenvalue weighted by molar-refractivity contribution is 0.0880. The molecule has 8 heteroatoms. The number of fused-ring (bicyclic) bond motifs is 1. The predicted molar refractivity (Wildman–Crippen MR) is 96.7 cm³/mol. The van der Waals surface area contributed by atoms with Crippen molar-refractivity contribution in [3.05, 3.63) is 47.3 Å². The van der Waals surface area contributed by atoms with Crippen molar-refractivity contribution in [2.75, 3.05) is 20.1 Å². The van der Waals surface area contributed by atoms with Crippen LogP contribution in [0.4, 0.5) is 0 Å². The first-order valence-electron chi connectivity index (χ1n) is 8.79. The first-order chi connectivity index (χ1) is 12.5. The van der Waals surface area contributed by atoms with E-state index in [2.05, 4.69) is 45.0 Å². The Labute approximate surface area is 152 Å². The van der Waals surface area contributed by atoms with Gasteiger partial charge in [-0.15, -0.1) is 5.10 Å². The van der Waals surface area contributed by atoms with Crippen molar-refractivity contribution in [2.45, 2.75) is 32.5 Å². The van der Waals surface area contributed by atoms with Crippen molar-refractivity contribution in [3.8, 4) is 0 Å². The third kappa shape index (κ3) is 4.26. The van der Waals surface area contributed by atoms with Crippen LogP contribution in [0.25, 0.3) is 0 Å². The van der Waals surface area contributed by atoms with Crippen LogP contribution >= 0.6 is 0 Å². The summed E-state index contributed by atoms with van der Waals surface area (Å²) in [6.45, 7) is 4.64. The van der Waals surface area contributed by atoms with Crippen molar-refractivity contribution >= 4 is 11.8 Å². The molecule has 8 nitrogen and oxygen atoms in total. The lowest BCUT2D eigenvalue weighted by atomic mass is 10.2. The highest BCUT2D eigenvalue weighted by atomic mass is 16.2. The maximum atomic E-state index is 12.3. The van der Waals surface area contributed by atoms with E-state index in [1.807, 2.05) is 25.1 Å². The second-order valence-electron chi connectivity index (χ2n) is 6.68. The molecule has 0 unspecified atom stereocenters. The van der Waals surface area contributed by atoms with Gasteiger partial charge in [0.1, 0.15) is 0 Å². The van der Waals surface area contributed by atoms with Gasteiger partial charge in [-0.1, -0.05) is 35.5 Å². The van der Waals surface area contributed by atoms with E-state index in [1.165, 1.54) is 10.2 Å². The average molecular weight is 356 g/mol. The number of hydrogen-bond donors (Lipinski definition) is 2. The molecule has 1 atom stereocenters. The highest BCUT2D eigenvalue weighted by Gasteiger charge is 2.30. The molecule has 0 aliphatic carbocycles. The summed E-state index contributed by atoms with van der Waals surface area (Å²) >= 11 is 0. The Morgan fingerprint density at radius 1 is 1.38 bits per heavy atom. The summed E-state index contributed by atoms with van der Waals surface area (Å²) in [4.78, 5) is 26.6. The molecule has 2 heterocycles. The summed E-state index contributed by atoms with van der Waals surface area (Å²) in [5.41, 5.74) is 1.59. The summed E-state index contributed by atoms with van der Waals surface area (Å²) in [7, 11) is 2.05. The number of nitrogens with zero attached hydrogens (tertiary/aromatic N) is 4. The molecule has 1 aromatic carbocycles. The van der Waals surface area contributed by atoms with Gasteiger partial charge in [0, 0.05) is 19.1 Å². The van der Waals surface area contributed by atoms with Crippen LogP contribution in [-0.4, -0.2) is 57.9 Å². The van der Waals surface area contributed by atoms with Gasteiger partial charge in [0.15, 0.2) is 11.4 Å². The minimum Gasteiger partial charge on any atom is -0.351 e. The van der Waals surface area contributed by atoms with Gasteiger partial charge in [-0.3, -0.25) is 9.59 Å². The molecule has 0 spiro atoms. The van der Waals surface area contributed by atoms with Gasteiger partial charge in [-0.25, -0.2) is 4.68 Å². The Hall–Kier alpha value is -2.74. The van der Waals surface area contributed by atoms with Crippen molar-refractivity contribution in [1.82, 2.24) is 30.5 Å². The lowest BCUT2D eigenvalue weighted by Crippen LogP contribution is -2.43. The van der Waals surface area contributed by atoms with Crippen LogP contribution < -0.4 is 10.6 Å². The highest BCUT2D eigenvalue weighted by Crippen LogP contribution is 2.11. The summed E-state index contributed by atoms with van der Waals surface area (Å²) < 4.78 is 1.49. The molecule has 2 N–H and O–H groups in total. The summed E-state index contributed by atoms with van der Waals surface area (Å²) in [6, 6.07) is 10.2. The van der Waals surface area contributed by atoms with Gasteiger partial charge < -0.3 is 15.5 Å². The van der Waals surface area contributed by atoms with E-state index in [4.69, 9.17) is 0 Å². The Bertz CT molecular complexity index is 773. The van der Waals surface area contributed by atoms with Crippen LogP contribution in [0.2, 0.25) is 0 Å². The maximum absolute atomic E-state index is 12.3. The van der Waals surface area contributed by atoms with E-state index in [0.717, 1.165) is 19.5 Å². The van der Waals surface area contributed by atoms with Crippen molar-refractivity contribution in [1.29, 1.82) is 0 Å². The zero-order chi connectivity index (χ0) is 18.5. The van der Waals surface area contributed by atoms with E-state index in [-0.39, 0.29) is 29.2 Å². The largest absolute Gasteiger partial charge is 0.351 e. The fourth-order valence-corrected chi connectivity index (χ4v) is 3.02. The Morgan fingerprint density at radius 2 is 2.15 bits per heavy atom. The van der Waals surface area contributed by atoms with Gasteiger partial charge in [-0.05, 0) is 32.5 Å². The normalized spacial score (nSPS) is 16.3. The first kappa shape index (κ1) is 18.1. The van der Waals surface area contributed by atoms with Gasteiger partial charge >= 0.3 is 0 Å². The standard InChI is InChI=1S/C18H24N6O2/c1-13-11-24-16(18(26)20-13)15(21-22-24)17(25)19-9-6-10-23(2)12-14-7-4-3-5-8-14/h3-5,7-8,13H,6,9-12H2,1-2H3,(H,19,25)(H,20,26)/t13-/m0/s1. The summed E-state index contributed by atoms with van der Waals surface area (Å²) in [5.74, 6) is -0.664. The Balaban J connectivity index is 1.46. The quantitative estimate of drug-likeness (QED) is 0.711. The summed E-state index contributed by atoms with van der Waals surface area (Å²) in [6.07, 6.45) is 0.807. The molecule has 0 fully saturated rings. The van der Waals surface area contributed by atoms with Crippen LogP contribution in [-0.2, 0) is 13.1 Å². The molecule has 0 radical (unpaired) electrons. The van der Waals surface area contributed by atoms with Gasteiger partial charge in [-0.2, -0.15) is 0 Å². The molecule has 1 aliphatic rings. The molecular formula is C18H24N6O2. The van der Waals surface area contributed by atoms with E-state index in [0.29, 0.717) is 13.1 Å². The van der Waals surface area contributed by atoms with Crippen LogP contribution in [0.3, 0.4) is 0 Å². The molecule has 26 heavy (non-hydrogen) atoms. The van der Waals surface area contributed by atoms with Crippen LogP contribution in [0.15, 0.2) is 30.3 Å². The van der Waals surface area contributed by atoms with Crippen molar-refractivity contribution in [2.24, 2.45) is 0 Å². The van der Waals surface area contributed by atoms with Crippen LogP contribution in [0.1, 0.15) is 39.9 Å². The van der Waals surface area contributed by atoms with Crippen LogP contribution in [0, 0.1) is 0 Å². The number of benzene rings is 1. The fraction of sp³-hybridized carbons (Fsp3) is 0.444. The lowest BCUT2D eigenvalue weighted by Gasteiger charge is -2.20. The third-order valence-electron chi connectivity index (χ3n) is 4.29. The molecule has 2 amide bonds. The molecule has 0 bridgehead atoms. The number of nitrogens with one attached hydrogen (secondary N) is 2. The van der Waals surface area contributed by atoms with Crippen molar-refractivity contribution < 1.29 is 9.59 Å². The second kappa shape index (κ2) is 8.09. The molecule has 1 aromatic heterocycles. The predicted octanol–water partition coefficient (Wildman–Crippen LogP) is 0.662. The number of aromatic nitrogens is 3. The van der Waals surface area contributed by atoms with E-state index < -0.39 is 0 Å². The molecule has 138 valence electrons. The maximum Gasteiger partial charge on any atom is 0.274 e. The topological polar surface area (TPSA) is 92.2 Å². The summed E-state index contributed by atoms with van der Waals surface area (Å²) in [5, 5.41) is 13.4. The molecule has 3 rings (SSSR count). The molecule has 0 saturated heterocycles. The number of hydrogen-bond acceptors (Lipinski definition) is 5. The number of carbonyl (C=O) groups excluding carboxylic acids is 2. The Kier molecular flexibility index (Phi) is 5.62. The first-order valence-corrected chi connectivity index (χ1v) is 8.79. The van der Waals surface area contributed by atoms with E-state index in [1.54, 1.807) is 0 Å². The minimum absolute atomic E-state index is 0.0206. The molecule has 0 saturated carbocycles.